The zero-order valence-corrected chi connectivity index (χ0v) is 14.6. The van der Waals surface area contributed by atoms with Crippen LogP contribution in [0.4, 0.5) is 5.82 Å². The summed E-state index contributed by atoms with van der Waals surface area (Å²) in [5, 5.41) is 15.2. The van der Waals surface area contributed by atoms with E-state index in [1.807, 2.05) is 6.92 Å². The molecule has 1 unspecified atom stereocenters. The van der Waals surface area contributed by atoms with Gasteiger partial charge in [-0.2, -0.15) is 0 Å². The van der Waals surface area contributed by atoms with Crippen LogP contribution in [0.2, 0.25) is 0 Å². The molecule has 24 heavy (non-hydrogen) atoms. The molecular weight excluding hydrogens is 302 g/mol. The molecule has 0 radical (unpaired) electrons. The van der Waals surface area contributed by atoms with Crippen LogP contribution in [0, 0.1) is 16.0 Å². The van der Waals surface area contributed by atoms with Gasteiger partial charge in [-0.1, -0.05) is 44.9 Å². The van der Waals surface area contributed by atoms with Gasteiger partial charge in [0.15, 0.2) is 0 Å². The molecule has 2 aromatic rings. The Kier molecular flexibility index (Phi) is 6.85. The largest absolute Gasteiger partial charge is 0.371 e. The Labute approximate surface area is 143 Å². The molecule has 2 rings (SSSR count). The predicted octanol–water partition coefficient (Wildman–Crippen LogP) is 5.06. The van der Waals surface area contributed by atoms with E-state index in [4.69, 9.17) is 0 Å². The Balaban J connectivity index is 2.09. The fourth-order valence-corrected chi connectivity index (χ4v) is 2.84. The molecule has 0 bridgehead atoms. The molecular formula is C19H27N3O2. The van der Waals surface area contributed by atoms with E-state index >= 15 is 0 Å². The van der Waals surface area contributed by atoms with Gasteiger partial charge in [0.25, 0.3) is 0 Å². The molecule has 0 fully saturated rings. The van der Waals surface area contributed by atoms with Crippen LogP contribution in [0.5, 0.6) is 0 Å². The highest BCUT2D eigenvalue weighted by Gasteiger charge is 2.09. The first-order valence-corrected chi connectivity index (χ1v) is 8.75. The molecule has 1 N–H and O–H groups in total. The van der Waals surface area contributed by atoms with Crippen LogP contribution in [0.15, 0.2) is 42.6 Å². The summed E-state index contributed by atoms with van der Waals surface area (Å²) in [6.07, 6.45) is 7.19. The molecule has 1 aromatic carbocycles. The summed E-state index contributed by atoms with van der Waals surface area (Å²) in [5.41, 5.74) is 1.21. The topological polar surface area (TPSA) is 60.1 Å². The highest BCUT2D eigenvalue weighted by atomic mass is 16.6. The normalized spacial score (nSPS) is 12.8. The standard InChI is InChI=1S/C19H27N3O2/c1-3-4-7-12-20-19-15-17-8-5-6-9-18(17)21(19)13-10-16(2)11-14-22(23)24/h5-6,8-9,11,14-16,20H,3-4,7,10,12-13H2,1-2H3. The van der Waals surface area contributed by atoms with E-state index in [2.05, 4.69) is 47.1 Å². The molecule has 0 saturated heterocycles. The Hall–Kier alpha value is -2.30. The summed E-state index contributed by atoms with van der Waals surface area (Å²) in [5.74, 6) is 1.31. The summed E-state index contributed by atoms with van der Waals surface area (Å²) in [4.78, 5) is 10.0. The van der Waals surface area contributed by atoms with Gasteiger partial charge in [0.1, 0.15) is 5.82 Å². The van der Waals surface area contributed by atoms with E-state index in [0.717, 1.165) is 31.5 Å². The van der Waals surface area contributed by atoms with Crippen LogP contribution in [0.25, 0.3) is 10.9 Å². The number of aryl methyl sites for hydroxylation is 1. The molecule has 0 amide bonds. The van der Waals surface area contributed by atoms with E-state index in [-0.39, 0.29) is 5.92 Å². The fourth-order valence-electron chi connectivity index (χ4n) is 2.84. The monoisotopic (exact) mass is 329 g/mol. The zero-order chi connectivity index (χ0) is 17.4. The van der Waals surface area contributed by atoms with Crippen LogP contribution in [-0.2, 0) is 6.54 Å². The minimum Gasteiger partial charge on any atom is -0.371 e. The Bertz CT molecular complexity index is 691. The molecule has 5 heteroatoms. The molecule has 1 heterocycles. The van der Waals surface area contributed by atoms with Gasteiger partial charge >= 0.3 is 0 Å². The minimum absolute atomic E-state index is 0.171. The van der Waals surface area contributed by atoms with Crippen molar-refractivity contribution >= 4 is 16.7 Å². The summed E-state index contributed by atoms with van der Waals surface area (Å²) in [6, 6.07) is 10.5. The lowest BCUT2D eigenvalue weighted by molar-refractivity contribution is -0.402. The third-order valence-electron chi connectivity index (χ3n) is 4.24. The van der Waals surface area contributed by atoms with Gasteiger partial charge < -0.3 is 9.88 Å². The molecule has 1 atom stereocenters. The Morgan fingerprint density at radius 3 is 2.88 bits per heavy atom. The first-order valence-electron chi connectivity index (χ1n) is 8.75. The van der Waals surface area contributed by atoms with Crippen molar-refractivity contribution in [2.75, 3.05) is 11.9 Å². The average molecular weight is 329 g/mol. The second-order valence-corrected chi connectivity index (χ2v) is 6.27. The van der Waals surface area contributed by atoms with E-state index < -0.39 is 4.92 Å². The van der Waals surface area contributed by atoms with Crippen molar-refractivity contribution in [2.24, 2.45) is 5.92 Å². The Morgan fingerprint density at radius 1 is 1.33 bits per heavy atom. The maximum Gasteiger partial charge on any atom is 0.230 e. The van der Waals surface area contributed by atoms with Crippen molar-refractivity contribution in [3.05, 3.63) is 52.7 Å². The molecule has 0 aliphatic heterocycles. The quantitative estimate of drug-likeness (QED) is 0.376. The van der Waals surface area contributed by atoms with Crippen LogP contribution in [0.1, 0.15) is 39.5 Å². The highest BCUT2D eigenvalue weighted by Crippen LogP contribution is 2.25. The molecule has 130 valence electrons. The number of fused-ring (bicyclic) bond motifs is 1. The molecule has 1 aromatic heterocycles. The molecule has 0 saturated carbocycles. The summed E-state index contributed by atoms with van der Waals surface area (Å²) < 4.78 is 2.29. The number of hydrogen-bond donors (Lipinski definition) is 1. The number of nitro groups is 1. The molecule has 0 aliphatic rings. The van der Waals surface area contributed by atoms with Crippen LogP contribution >= 0.6 is 0 Å². The second kappa shape index (κ2) is 9.11. The SMILES string of the molecule is CCCCCNc1cc2ccccc2n1CCC(C)C=C[N+](=O)[O-]. The highest BCUT2D eigenvalue weighted by molar-refractivity contribution is 5.84. The number of para-hydroxylation sites is 1. The van der Waals surface area contributed by atoms with Crippen molar-refractivity contribution in [2.45, 2.75) is 46.1 Å². The fraction of sp³-hybridized carbons (Fsp3) is 0.474. The first-order chi connectivity index (χ1) is 11.6. The van der Waals surface area contributed by atoms with Crippen molar-refractivity contribution in [3.63, 3.8) is 0 Å². The van der Waals surface area contributed by atoms with Gasteiger partial charge in [-0.15, -0.1) is 0 Å². The lowest BCUT2D eigenvalue weighted by atomic mass is 10.1. The number of nitrogens with one attached hydrogen (secondary N) is 1. The third kappa shape index (κ3) is 5.11. The van der Waals surface area contributed by atoms with E-state index in [9.17, 15) is 10.1 Å². The number of hydrogen-bond acceptors (Lipinski definition) is 3. The van der Waals surface area contributed by atoms with Crippen molar-refractivity contribution in [3.8, 4) is 0 Å². The van der Waals surface area contributed by atoms with Crippen LogP contribution < -0.4 is 5.32 Å². The number of benzene rings is 1. The van der Waals surface area contributed by atoms with E-state index in [1.165, 1.54) is 30.2 Å². The maximum atomic E-state index is 10.4. The molecule has 0 spiro atoms. The van der Waals surface area contributed by atoms with Crippen molar-refractivity contribution in [1.82, 2.24) is 4.57 Å². The van der Waals surface area contributed by atoms with Gasteiger partial charge in [-0.05, 0) is 37.0 Å². The van der Waals surface area contributed by atoms with Gasteiger partial charge in [-0.25, -0.2) is 0 Å². The van der Waals surface area contributed by atoms with Gasteiger partial charge in [0, 0.05) is 24.0 Å². The molecule has 0 aliphatic carbocycles. The second-order valence-electron chi connectivity index (χ2n) is 6.27. The first kappa shape index (κ1) is 18.0. The third-order valence-corrected chi connectivity index (χ3v) is 4.24. The average Bonchev–Trinajstić information content (AvgIpc) is 2.92. The predicted molar refractivity (Wildman–Crippen MR) is 99.9 cm³/mol. The van der Waals surface area contributed by atoms with Gasteiger partial charge in [0.2, 0.25) is 6.20 Å². The van der Waals surface area contributed by atoms with Crippen LogP contribution in [0.3, 0.4) is 0 Å². The van der Waals surface area contributed by atoms with Gasteiger partial charge in [-0.3, -0.25) is 10.1 Å². The lowest BCUT2D eigenvalue weighted by Gasteiger charge is -2.14. The smallest absolute Gasteiger partial charge is 0.230 e. The van der Waals surface area contributed by atoms with Gasteiger partial charge in [0.05, 0.1) is 4.92 Å². The number of anilines is 1. The number of aromatic nitrogens is 1. The van der Waals surface area contributed by atoms with E-state index in [0.29, 0.717) is 0 Å². The Morgan fingerprint density at radius 2 is 2.12 bits per heavy atom. The summed E-state index contributed by atoms with van der Waals surface area (Å²) in [7, 11) is 0. The van der Waals surface area contributed by atoms with Crippen molar-refractivity contribution in [1.29, 1.82) is 0 Å². The maximum absolute atomic E-state index is 10.4. The van der Waals surface area contributed by atoms with Crippen molar-refractivity contribution < 1.29 is 4.92 Å². The molecule has 5 nitrogen and oxygen atoms in total. The number of rotatable bonds is 10. The summed E-state index contributed by atoms with van der Waals surface area (Å²) in [6.45, 7) is 6.03. The number of nitrogens with zero attached hydrogens (tertiary/aromatic N) is 2. The zero-order valence-electron chi connectivity index (χ0n) is 14.6. The minimum atomic E-state index is -0.401. The van der Waals surface area contributed by atoms with E-state index in [1.54, 1.807) is 6.08 Å². The van der Waals surface area contributed by atoms with Crippen LogP contribution in [-0.4, -0.2) is 16.0 Å². The number of unbranched alkanes of at least 4 members (excludes halogenated alkanes) is 2. The summed E-state index contributed by atoms with van der Waals surface area (Å²) >= 11 is 0. The number of allylic oxidation sites excluding steroid dienone is 1. The lowest BCUT2D eigenvalue weighted by Crippen LogP contribution is -2.09.